The van der Waals surface area contributed by atoms with E-state index < -0.39 is 0 Å². The molecule has 6 heteroatoms. The van der Waals surface area contributed by atoms with E-state index in [9.17, 15) is 4.79 Å². The minimum Gasteiger partial charge on any atom is -0.325 e. The monoisotopic (exact) mass is 378 g/mol. The number of nitrogens with one attached hydrogen (secondary N) is 1. The number of anilines is 1. The maximum atomic E-state index is 12.4. The molecule has 1 fully saturated rings. The highest BCUT2D eigenvalue weighted by Crippen LogP contribution is 2.40. The maximum Gasteiger partial charge on any atom is 0.234 e. The van der Waals surface area contributed by atoms with Crippen molar-refractivity contribution < 1.29 is 4.79 Å². The molecule has 1 saturated carbocycles. The molecule has 0 radical (unpaired) electrons. The summed E-state index contributed by atoms with van der Waals surface area (Å²) in [5.41, 5.74) is 3.03. The Bertz CT molecular complexity index is 934. The van der Waals surface area contributed by atoms with E-state index in [0.29, 0.717) is 16.8 Å². The van der Waals surface area contributed by atoms with E-state index in [2.05, 4.69) is 17.3 Å². The van der Waals surface area contributed by atoms with Gasteiger partial charge in [0.25, 0.3) is 0 Å². The number of rotatable bonds is 7. The quantitative estimate of drug-likeness (QED) is 0.618. The number of nitrogens with zero attached hydrogens (tertiary/aromatic N) is 3. The zero-order valence-electron chi connectivity index (χ0n) is 15.3. The third-order valence-electron chi connectivity index (χ3n) is 4.56. The normalized spacial score (nSPS) is 13.5. The molecule has 138 valence electrons. The summed E-state index contributed by atoms with van der Waals surface area (Å²) < 4.78 is 1.92. The van der Waals surface area contributed by atoms with E-state index in [-0.39, 0.29) is 5.91 Å². The lowest BCUT2D eigenvalue weighted by Gasteiger charge is -2.08. The van der Waals surface area contributed by atoms with Gasteiger partial charge in [-0.15, -0.1) is 5.10 Å². The predicted molar refractivity (Wildman–Crippen MR) is 109 cm³/mol. The lowest BCUT2D eigenvalue weighted by Crippen LogP contribution is -2.15. The van der Waals surface area contributed by atoms with Crippen molar-refractivity contribution in [3.63, 3.8) is 0 Å². The Morgan fingerprint density at radius 2 is 1.89 bits per heavy atom. The van der Waals surface area contributed by atoms with Crippen LogP contribution in [0.5, 0.6) is 0 Å². The Labute approximate surface area is 163 Å². The van der Waals surface area contributed by atoms with E-state index in [1.54, 1.807) is 0 Å². The molecular formula is C21H22N4OS. The Hall–Kier alpha value is -2.60. The number of benzene rings is 2. The molecule has 1 aliphatic carbocycles. The second-order valence-corrected chi connectivity index (χ2v) is 7.56. The minimum atomic E-state index is -0.0371. The zero-order valence-corrected chi connectivity index (χ0v) is 16.1. The number of carbonyl (C=O) groups is 1. The van der Waals surface area contributed by atoms with Crippen molar-refractivity contribution in [2.75, 3.05) is 11.1 Å². The van der Waals surface area contributed by atoms with Gasteiger partial charge in [-0.25, -0.2) is 9.67 Å². The summed E-state index contributed by atoms with van der Waals surface area (Å²) in [6.45, 7) is 2.08. The van der Waals surface area contributed by atoms with E-state index in [4.69, 9.17) is 4.98 Å². The van der Waals surface area contributed by atoms with Crippen molar-refractivity contribution in [1.82, 2.24) is 14.8 Å². The largest absolute Gasteiger partial charge is 0.325 e. The maximum absolute atomic E-state index is 12.4. The summed E-state index contributed by atoms with van der Waals surface area (Å²) in [6, 6.07) is 18.0. The Morgan fingerprint density at radius 1 is 1.15 bits per heavy atom. The van der Waals surface area contributed by atoms with Crippen molar-refractivity contribution in [2.45, 2.75) is 37.3 Å². The summed E-state index contributed by atoms with van der Waals surface area (Å²) >= 11 is 1.38. The predicted octanol–water partition coefficient (Wildman–Crippen LogP) is 4.44. The third kappa shape index (κ3) is 4.22. The molecule has 0 spiro atoms. The lowest BCUT2D eigenvalue weighted by atomic mass is 10.1. The van der Waals surface area contributed by atoms with Crippen LogP contribution < -0.4 is 5.32 Å². The Morgan fingerprint density at radius 3 is 2.63 bits per heavy atom. The number of amides is 1. The van der Waals surface area contributed by atoms with Crippen LogP contribution in [0.3, 0.4) is 0 Å². The van der Waals surface area contributed by atoms with Crippen LogP contribution in [0.2, 0.25) is 0 Å². The molecule has 0 atom stereocenters. The molecule has 0 saturated heterocycles. The highest BCUT2D eigenvalue weighted by Gasteiger charge is 2.30. The van der Waals surface area contributed by atoms with E-state index in [0.717, 1.165) is 42.0 Å². The average Bonchev–Trinajstić information content (AvgIpc) is 3.47. The number of hydrogen-bond acceptors (Lipinski definition) is 4. The molecule has 0 unspecified atom stereocenters. The first-order valence-electron chi connectivity index (χ1n) is 9.27. The van der Waals surface area contributed by atoms with Gasteiger partial charge in [0.15, 0.2) is 0 Å². The summed E-state index contributed by atoms with van der Waals surface area (Å²) in [7, 11) is 0. The van der Waals surface area contributed by atoms with Crippen LogP contribution in [0.1, 0.15) is 37.1 Å². The van der Waals surface area contributed by atoms with Gasteiger partial charge in [-0.05, 0) is 43.0 Å². The standard InChI is InChI=1S/C21H22N4OS/c1-2-15-8-6-7-11-18(15)22-19(26)14-27-21-23-20(16-12-13-16)25(24-21)17-9-4-3-5-10-17/h3-11,16H,2,12-14H2,1H3,(H,22,26). The number of para-hydroxylation sites is 2. The Balaban J connectivity index is 1.45. The first-order chi connectivity index (χ1) is 13.2. The van der Waals surface area contributed by atoms with Gasteiger partial charge in [0, 0.05) is 11.6 Å². The lowest BCUT2D eigenvalue weighted by molar-refractivity contribution is -0.113. The van der Waals surface area contributed by atoms with E-state index in [1.807, 2.05) is 59.3 Å². The third-order valence-corrected chi connectivity index (χ3v) is 5.40. The van der Waals surface area contributed by atoms with Gasteiger partial charge < -0.3 is 5.32 Å². The smallest absolute Gasteiger partial charge is 0.234 e. The van der Waals surface area contributed by atoms with Crippen LogP contribution in [0.4, 0.5) is 5.69 Å². The summed E-state index contributed by atoms with van der Waals surface area (Å²) in [4.78, 5) is 17.1. The molecule has 1 aliphatic rings. The molecule has 0 bridgehead atoms. The molecule has 0 aliphatic heterocycles. The topological polar surface area (TPSA) is 59.8 Å². The number of hydrogen-bond donors (Lipinski definition) is 1. The molecule has 5 nitrogen and oxygen atoms in total. The van der Waals surface area contributed by atoms with Gasteiger partial charge in [0.1, 0.15) is 5.82 Å². The summed E-state index contributed by atoms with van der Waals surface area (Å²) in [6.07, 6.45) is 3.20. The first-order valence-corrected chi connectivity index (χ1v) is 10.3. The fourth-order valence-corrected chi connectivity index (χ4v) is 3.63. The SMILES string of the molecule is CCc1ccccc1NC(=O)CSc1nc(C2CC2)n(-c2ccccc2)n1. The summed E-state index contributed by atoms with van der Waals surface area (Å²) in [5, 5.41) is 8.29. The average molecular weight is 379 g/mol. The molecule has 2 aromatic carbocycles. The van der Waals surface area contributed by atoms with Crippen molar-refractivity contribution in [2.24, 2.45) is 0 Å². The number of thioether (sulfide) groups is 1. The fourth-order valence-electron chi connectivity index (χ4n) is 3.00. The van der Waals surface area contributed by atoms with Crippen molar-refractivity contribution in [3.8, 4) is 5.69 Å². The van der Waals surface area contributed by atoms with Crippen LogP contribution in [0.25, 0.3) is 5.69 Å². The second-order valence-electron chi connectivity index (χ2n) is 6.62. The van der Waals surface area contributed by atoms with Crippen LogP contribution >= 0.6 is 11.8 Å². The van der Waals surface area contributed by atoms with Crippen molar-refractivity contribution >= 4 is 23.4 Å². The molecule has 1 aromatic heterocycles. The van der Waals surface area contributed by atoms with Crippen LogP contribution in [-0.2, 0) is 11.2 Å². The second kappa shape index (κ2) is 7.96. The first kappa shape index (κ1) is 17.8. The fraction of sp³-hybridized carbons (Fsp3) is 0.286. The van der Waals surface area contributed by atoms with Crippen molar-refractivity contribution in [3.05, 3.63) is 66.0 Å². The number of carbonyl (C=O) groups excluding carboxylic acids is 1. The molecule has 1 N–H and O–H groups in total. The van der Waals surface area contributed by atoms with Crippen LogP contribution in [0, 0.1) is 0 Å². The number of aromatic nitrogens is 3. The zero-order chi connectivity index (χ0) is 18.6. The molecule has 4 rings (SSSR count). The van der Waals surface area contributed by atoms with Crippen LogP contribution in [-0.4, -0.2) is 26.4 Å². The highest BCUT2D eigenvalue weighted by molar-refractivity contribution is 7.99. The number of aryl methyl sites for hydroxylation is 1. The van der Waals surface area contributed by atoms with E-state index in [1.165, 1.54) is 11.8 Å². The van der Waals surface area contributed by atoms with Gasteiger partial charge in [-0.3, -0.25) is 4.79 Å². The minimum absolute atomic E-state index is 0.0371. The molecular weight excluding hydrogens is 356 g/mol. The van der Waals surface area contributed by atoms with Gasteiger partial charge in [0.05, 0.1) is 11.4 Å². The molecule has 3 aromatic rings. The Kier molecular flexibility index (Phi) is 5.25. The van der Waals surface area contributed by atoms with Gasteiger partial charge >= 0.3 is 0 Å². The summed E-state index contributed by atoms with van der Waals surface area (Å²) in [5.74, 6) is 1.74. The van der Waals surface area contributed by atoms with Gasteiger partial charge in [-0.1, -0.05) is 55.1 Å². The van der Waals surface area contributed by atoms with Crippen LogP contribution in [0.15, 0.2) is 59.8 Å². The highest BCUT2D eigenvalue weighted by atomic mass is 32.2. The molecule has 1 heterocycles. The molecule has 1 amide bonds. The van der Waals surface area contributed by atoms with Gasteiger partial charge in [0.2, 0.25) is 11.1 Å². The van der Waals surface area contributed by atoms with Crippen molar-refractivity contribution in [1.29, 1.82) is 0 Å². The van der Waals surface area contributed by atoms with E-state index >= 15 is 0 Å². The molecule has 27 heavy (non-hydrogen) atoms. The van der Waals surface area contributed by atoms with Gasteiger partial charge in [-0.2, -0.15) is 0 Å².